The van der Waals surface area contributed by atoms with Crippen LogP contribution in [0.25, 0.3) is 0 Å². The van der Waals surface area contributed by atoms with E-state index < -0.39 is 5.91 Å². The first-order chi connectivity index (χ1) is 12.7. The number of ether oxygens (including phenoxy) is 1. The maximum Gasteiger partial charge on any atom is 0.268 e. The monoisotopic (exact) mass is 355 g/mol. The van der Waals surface area contributed by atoms with Gasteiger partial charge in [0.05, 0.1) is 31.1 Å². The first-order valence-corrected chi connectivity index (χ1v) is 8.92. The van der Waals surface area contributed by atoms with E-state index in [2.05, 4.69) is 51.4 Å². The summed E-state index contributed by atoms with van der Waals surface area (Å²) in [4.78, 5) is 21.9. The van der Waals surface area contributed by atoms with Gasteiger partial charge in [-0.2, -0.15) is 0 Å². The predicted molar refractivity (Wildman–Crippen MR) is 99.7 cm³/mol. The molecular formula is C19H25N5O2. The highest BCUT2D eigenvalue weighted by atomic mass is 16.5. The fraction of sp³-hybridized carbons (Fsp3) is 0.421. The van der Waals surface area contributed by atoms with Crippen LogP contribution in [0.4, 0.5) is 5.82 Å². The number of nitrogens with two attached hydrogens (primary N) is 1. The number of aromatic nitrogens is 2. The largest absolute Gasteiger partial charge is 0.373 e. The maximum absolute atomic E-state index is 11.3. The molecule has 1 aromatic heterocycles. The SMILES string of the molecule is CCC(Nc1cncc(C(N)=O)n1)C1CN(Cc2ccccc2)CCO1. The quantitative estimate of drug-likeness (QED) is 0.785. The summed E-state index contributed by atoms with van der Waals surface area (Å²) >= 11 is 0. The van der Waals surface area contributed by atoms with Crippen LogP contribution in [0.1, 0.15) is 29.4 Å². The van der Waals surface area contributed by atoms with Crippen LogP contribution in [0.3, 0.4) is 0 Å². The maximum atomic E-state index is 11.3. The predicted octanol–water partition coefficient (Wildman–Crippen LogP) is 1.67. The Kier molecular flexibility index (Phi) is 6.14. The molecule has 1 fully saturated rings. The molecule has 2 unspecified atom stereocenters. The van der Waals surface area contributed by atoms with E-state index in [-0.39, 0.29) is 17.8 Å². The summed E-state index contributed by atoms with van der Waals surface area (Å²) in [6.07, 6.45) is 3.87. The lowest BCUT2D eigenvalue weighted by Crippen LogP contribution is -2.49. The molecule has 1 aliphatic heterocycles. The topological polar surface area (TPSA) is 93.4 Å². The van der Waals surface area contributed by atoms with Crippen LogP contribution in [-0.2, 0) is 11.3 Å². The van der Waals surface area contributed by atoms with E-state index in [1.807, 2.05) is 6.07 Å². The minimum atomic E-state index is -0.586. The van der Waals surface area contributed by atoms with Crippen LogP contribution in [0.15, 0.2) is 42.7 Å². The third kappa shape index (κ3) is 4.77. The number of benzene rings is 1. The van der Waals surface area contributed by atoms with Gasteiger partial charge in [0.25, 0.3) is 5.91 Å². The second-order valence-electron chi connectivity index (χ2n) is 6.44. The van der Waals surface area contributed by atoms with Gasteiger partial charge in [-0.15, -0.1) is 0 Å². The Morgan fingerprint density at radius 3 is 2.92 bits per heavy atom. The number of carbonyl (C=O) groups is 1. The van der Waals surface area contributed by atoms with Crippen LogP contribution < -0.4 is 11.1 Å². The Morgan fingerprint density at radius 2 is 2.19 bits per heavy atom. The number of anilines is 1. The van der Waals surface area contributed by atoms with Crippen molar-refractivity contribution in [2.24, 2.45) is 5.73 Å². The summed E-state index contributed by atoms with van der Waals surface area (Å²) in [5.41, 5.74) is 6.73. The van der Waals surface area contributed by atoms with Crippen molar-refractivity contribution in [3.05, 3.63) is 54.0 Å². The van der Waals surface area contributed by atoms with E-state index in [1.165, 1.54) is 11.8 Å². The molecule has 138 valence electrons. The molecule has 26 heavy (non-hydrogen) atoms. The number of carbonyl (C=O) groups excluding carboxylic acids is 1. The normalized spacial score (nSPS) is 19.0. The van der Waals surface area contributed by atoms with Gasteiger partial charge in [-0.3, -0.25) is 14.7 Å². The van der Waals surface area contributed by atoms with Crippen LogP contribution in [0.2, 0.25) is 0 Å². The third-order valence-electron chi connectivity index (χ3n) is 4.54. The molecule has 1 aromatic carbocycles. The summed E-state index contributed by atoms with van der Waals surface area (Å²) in [6, 6.07) is 10.5. The van der Waals surface area contributed by atoms with Gasteiger partial charge in [-0.25, -0.2) is 4.98 Å². The van der Waals surface area contributed by atoms with Crippen molar-refractivity contribution in [2.75, 3.05) is 25.0 Å². The smallest absolute Gasteiger partial charge is 0.268 e. The van der Waals surface area contributed by atoms with Crippen molar-refractivity contribution in [2.45, 2.75) is 32.0 Å². The van der Waals surface area contributed by atoms with Crippen molar-refractivity contribution in [3.8, 4) is 0 Å². The Morgan fingerprint density at radius 1 is 1.38 bits per heavy atom. The van der Waals surface area contributed by atoms with Crippen molar-refractivity contribution < 1.29 is 9.53 Å². The van der Waals surface area contributed by atoms with E-state index in [1.54, 1.807) is 6.20 Å². The van der Waals surface area contributed by atoms with Gasteiger partial charge in [-0.05, 0) is 12.0 Å². The van der Waals surface area contributed by atoms with Gasteiger partial charge in [0.2, 0.25) is 0 Å². The molecule has 2 aromatic rings. The third-order valence-corrected chi connectivity index (χ3v) is 4.54. The Hall–Kier alpha value is -2.51. The van der Waals surface area contributed by atoms with Crippen LogP contribution in [0.5, 0.6) is 0 Å². The lowest BCUT2D eigenvalue weighted by atomic mass is 10.1. The number of amides is 1. The summed E-state index contributed by atoms with van der Waals surface area (Å²) in [6.45, 7) is 5.46. The van der Waals surface area contributed by atoms with E-state index in [0.717, 1.165) is 26.1 Å². The molecule has 2 atom stereocenters. The van der Waals surface area contributed by atoms with Gasteiger partial charge < -0.3 is 15.8 Å². The number of hydrogen-bond acceptors (Lipinski definition) is 6. The van der Waals surface area contributed by atoms with Crippen LogP contribution in [0, 0.1) is 0 Å². The summed E-state index contributed by atoms with van der Waals surface area (Å²) < 4.78 is 6.00. The van der Waals surface area contributed by atoms with Gasteiger partial charge in [0.1, 0.15) is 11.5 Å². The van der Waals surface area contributed by atoms with Gasteiger partial charge in [-0.1, -0.05) is 37.3 Å². The zero-order valence-electron chi connectivity index (χ0n) is 15.0. The average molecular weight is 355 g/mol. The number of hydrogen-bond donors (Lipinski definition) is 2. The molecule has 0 bridgehead atoms. The van der Waals surface area contributed by atoms with Gasteiger partial charge in [0.15, 0.2) is 0 Å². The number of nitrogens with one attached hydrogen (secondary N) is 1. The molecule has 3 rings (SSSR count). The standard InChI is InChI=1S/C19H25N5O2/c1-2-15(22-18-11-21-10-16(23-18)19(20)25)17-13-24(8-9-26-17)12-14-6-4-3-5-7-14/h3-7,10-11,15,17H,2,8-9,12-13H2,1H3,(H2,20,25)(H,22,23). The number of morpholine rings is 1. The molecule has 0 spiro atoms. The van der Waals surface area contributed by atoms with E-state index in [9.17, 15) is 4.79 Å². The minimum absolute atomic E-state index is 0.0384. The molecule has 7 nitrogen and oxygen atoms in total. The Labute approximate surface area is 153 Å². The number of nitrogens with zero attached hydrogens (tertiary/aromatic N) is 3. The second-order valence-corrected chi connectivity index (χ2v) is 6.44. The Balaban J connectivity index is 1.63. The van der Waals surface area contributed by atoms with Crippen molar-refractivity contribution in [1.29, 1.82) is 0 Å². The number of rotatable bonds is 7. The molecule has 7 heteroatoms. The molecule has 1 aliphatic rings. The van der Waals surface area contributed by atoms with Gasteiger partial charge >= 0.3 is 0 Å². The highest BCUT2D eigenvalue weighted by Gasteiger charge is 2.27. The molecule has 1 amide bonds. The van der Waals surface area contributed by atoms with Crippen LogP contribution >= 0.6 is 0 Å². The first kappa shape index (κ1) is 18.3. The molecule has 0 radical (unpaired) electrons. The summed E-state index contributed by atoms with van der Waals surface area (Å²) in [5.74, 6) is -0.0471. The molecule has 1 saturated heterocycles. The average Bonchev–Trinajstić information content (AvgIpc) is 2.67. The summed E-state index contributed by atoms with van der Waals surface area (Å²) in [7, 11) is 0. The van der Waals surface area contributed by atoms with Crippen molar-refractivity contribution >= 4 is 11.7 Å². The fourth-order valence-corrected chi connectivity index (χ4v) is 3.16. The number of primary amides is 1. The molecule has 3 N–H and O–H groups in total. The van der Waals surface area contributed by atoms with E-state index >= 15 is 0 Å². The van der Waals surface area contributed by atoms with E-state index in [0.29, 0.717) is 12.4 Å². The van der Waals surface area contributed by atoms with Crippen LogP contribution in [-0.4, -0.2) is 52.6 Å². The van der Waals surface area contributed by atoms with Crippen molar-refractivity contribution in [3.63, 3.8) is 0 Å². The first-order valence-electron chi connectivity index (χ1n) is 8.92. The lowest BCUT2D eigenvalue weighted by molar-refractivity contribution is -0.0403. The zero-order chi connectivity index (χ0) is 18.4. The molecule has 0 saturated carbocycles. The zero-order valence-corrected chi connectivity index (χ0v) is 15.0. The second kappa shape index (κ2) is 8.73. The Bertz CT molecular complexity index is 725. The fourth-order valence-electron chi connectivity index (χ4n) is 3.16. The molecular weight excluding hydrogens is 330 g/mol. The minimum Gasteiger partial charge on any atom is -0.373 e. The molecule has 0 aliphatic carbocycles. The highest BCUT2D eigenvalue weighted by Crippen LogP contribution is 2.17. The van der Waals surface area contributed by atoms with Gasteiger partial charge in [0, 0.05) is 19.6 Å². The highest BCUT2D eigenvalue weighted by molar-refractivity contribution is 5.90. The summed E-state index contributed by atoms with van der Waals surface area (Å²) in [5, 5.41) is 3.35. The lowest BCUT2D eigenvalue weighted by Gasteiger charge is -2.37. The van der Waals surface area contributed by atoms with E-state index in [4.69, 9.17) is 10.5 Å². The van der Waals surface area contributed by atoms with Crippen molar-refractivity contribution in [1.82, 2.24) is 14.9 Å². The molecule has 2 heterocycles.